The van der Waals surface area contributed by atoms with E-state index in [4.69, 9.17) is 3.32 Å². The molecule has 1 aromatic rings. The van der Waals surface area contributed by atoms with Crippen LogP contribution in [0.15, 0.2) is 39.8 Å². The van der Waals surface area contributed by atoms with Crippen molar-refractivity contribution in [1.29, 1.82) is 0 Å². The van der Waals surface area contributed by atoms with Gasteiger partial charge in [0.2, 0.25) is 0 Å². The van der Waals surface area contributed by atoms with Gasteiger partial charge in [-0.25, -0.2) is 0 Å². The van der Waals surface area contributed by atoms with Crippen LogP contribution in [0.3, 0.4) is 0 Å². The Bertz CT molecular complexity index is 676. The molecule has 0 fully saturated rings. The van der Waals surface area contributed by atoms with Gasteiger partial charge in [-0.3, -0.25) is 0 Å². The zero-order valence-corrected chi connectivity index (χ0v) is 24.7. The first-order valence-corrected chi connectivity index (χ1v) is 21.4. The third-order valence-corrected chi connectivity index (χ3v) is 14.8. The number of allylic oxidation sites excluding steroid dienone is 4. The summed E-state index contributed by atoms with van der Waals surface area (Å²) in [6.45, 7) is 6.83. The molecular formula is C24H43Cl2OSiTi. The topological polar surface area (TPSA) is 9.23 Å². The van der Waals surface area contributed by atoms with Crippen molar-refractivity contribution < 1.29 is 18.3 Å². The van der Waals surface area contributed by atoms with Gasteiger partial charge in [-0.05, 0) is 0 Å². The molecule has 0 atom stereocenters. The van der Waals surface area contributed by atoms with Crippen LogP contribution in [0.5, 0.6) is 5.75 Å². The molecule has 0 spiro atoms. The number of unbranched alkanes of at least 4 members (excludes halogenated alkanes) is 4. The molecule has 1 aliphatic rings. The zero-order chi connectivity index (χ0) is 19.9. The van der Waals surface area contributed by atoms with Crippen LogP contribution in [-0.2, 0) is 27.8 Å². The molecule has 5 heteroatoms. The summed E-state index contributed by atoms with van der Waals surface area (Å²) >= 11 is -3.00. The van der Waals surface area contributed by atoms with Gasteiger partial charge in [0.1, 0.15) is 0 Å². The molecule has 1 aliphatic carbocycles. The molecule has 0 saturated carbocycles. The van der Waals surface area contributed by atoms with Gasteiger partial charge in [-0.1, -0.05) is 0 Å². The second-order valence-corrected chi connectivity index (χ2v) is 32.2. The predicted octanol–water partition coefficient (Wildman–Crippen LogP) is 7.59. The van der Waals surface area contributed by atoms with Gasteiger partial charge < -0.3 is 0 Å². The average molecular weight is 494 g/mol. The minimum Gasteiger partial charge on any atom is -0.147 e. The van der Waals surface area contributed by atoms with Gasteiger partial charge in [-0.15, -0.1) is 24.8 Å². The molecule has 0 bridgehead atoms. The van der Waals surface area contributed by atoms with Crippen LogP contribution >= 0.6 is 24.8 Å². The molecule has 0 radical (unpaired) electrons. The van der Waals surface area contributed by atoms with E-state index in [0.29, 0.717) is 0 Å². The number of halogens is 2. The minimum absolute atomic E-state index is 0. The molecule has 167 valence electrons. The molecular weight excluding hydrogens is 451 g/mol. The van der Waals surface area contributed by atoms with Crippen LogP contribution in [0.2, 0.25) is 10.5 Å². The van der Waals surface area contributed by atoms with E-state index in [1.165, 1.54) is 68.1 Å². The Morgan fingerprint density at radius 1 is 0.897 bits per heavy atom. The molecule has 1 nitrogen and oxygen atoms in total. The van der Waals surface area contributed by atoms with Gasteiger partial charge in [0.25, 0.3) is 0 Å². The van der Waals surface area contributed by atoms with E-state index in [1.54, 1.807) is 3.88 Å². The first kappa shape index (κ1) is 29.0. The Labute approximate surface area is 196 Å². The van der Waals surface area contributed by atoms with Crippen molar-refractivity contribution in [2.75, 3.05) is 0 Å². The summed E-state index contributed by atoms with van der Waals surface area (Å²) in [4.78, 5) is 0. The fraction of sp³-hybridized carbons (Fsp3) is 0.583. The SMILES string of the molecule is CCCCCc1cc(CCCCC)cc([O][Ti]([CH3])([CH3])([SiH3])[C]2=C(C)C=CC2)c1.Cl.Cl. The second-order valence-electron chi connectivity index (χ2n) is 9.73. The molecule has 0 heterocycles. The van der Waals surface area contributed by atoms with E-state index in [-0.39, 0.29) is 24.8 Å². The average Bonchev–Trinajstić information content (AvgIpc) is 3.02. The number of rotatable bonds is 11. The summed E-state index contributed by atoms with van der Waals surface area (Å²) in [7, 11) is 1.15. The molecule has 0 amide bonds. The Morgan fingerprint density at radius 2 is 1.41 bits per heavy atom. The smallest absolute Gasteiger partial charge is 0.147 e. The predicted molar refractivity (Wildman–Crippen MR) is 136 cm³/mol. The van der Waals surface area contributed by atoms with Crippen LogP contribution in [0.4, 0.5) is 0 Å². The summed E-state index contributed by atoms with van der Waals surface area (Å²) in [6.07, 6.45) is 15.9. The van der Waals surface area contributed by atoms with E-state index in [9.17, 15) is 0 Å². The van der Waals surface area contributed by atoms with Crippen molar-refractivity contribution in [3.63, 3.8) is 0 Å². The molecule has 0 saturated heterocycles. The fourth-order valence-electron chi connectivity index (χ4n) is 4.34. The Hall–Kier alpha value is 0.0112. The molecule has 29 heavy (non-hydrogen) atoms. The summed E-state index contributed by atoms with van der Waals surface area (Å²) in [5, 5.41) is 4.96. The maximum absolute atomic E-state index is 6.99. The molecule has 0 aromatic heterocycles. The van der Waals surface area contributed by atoms with Crippen molar-refractivity contribution >= 4 is 32.9 Å². The van der Waals surface area contributed by atoms with E-state index < -0.39 is 14.9 Å². The third-order valence-electron chi connectivity index (χ3n) is 5.83. The Kier molecular flexibility index (Phi) is 12.8. The van der Waals surface area contributed by atoms with Crippen LogP contribution in [-0.4, -0.2) is 8.11 Å². The third kappa shape index (κ3) is 8.95. The molecule has 2 rings (SSSR count). The number of aryl methyl sites for hydroxylation is 2. The first-order valence-electron chi connectivity index (χ1n) is 11.1. The van der Waals surface area contributed by atoms with Gasteiger partial charge in [0.15, 0.2) is 0 Å². The number of benzene rings is 1. The van der Waals surface area contributed by atoms with E-state index >= 15 is 0 Å². The molecule has 0 unspecified atom stereocenters. The summed E-state index contributed by atoms with van der Waals surface area (Å²) in [5.74, 6) is 1.15. The van der Waals surface area contributed by atoms with Crippen LogP contribution in [0, 0.1) is 0 Å². The van der Waals surface area contributed by atoms with Crippen molar-refractivity contribution in [3.8, 4) is 5.75 Å². The second kappa shape index (κ2) is 12.8. The molecule has 0 aliphatic heterocycles. The zero-order valence-electron chi connectivity index (χ0n) is 19.5. The number of hydrogen-bond donors (Lipinski definition) is 0. The Balaban J connectivity index is 0.00000392. The monoisotopic (exact) mass is 493 g/mol. The maximum atomic E-state index is 6.99. The minimum atomic E-state index is -3.00. The first-order chi connectivity index (χ1) is 12.7. The summed E-state index contributed by atoms with van der Waals surface area (Å²) in [6, 6.07) is 7.15. The van der Waals surface area contributed by atoms with Crippen molar-refractivity contribution in [3.05, 3.63) is 50.9 Å². The Morgan fingerprint density at radius 3 is 1.83 bits per heavy atom. The van der Waals surface area contributed by atoms with Gasteiger partial charge in [0.05, 0.1) is 0 Å². The quantitative estimate of drug-likeness (QED) is 0.228. The van der Waals surface area contributed by atoms with E-state index in [1.807, 2.05) is 0 Å². The van der Waals surface area contributed by atoms with Gasteiger partial charge in [0, 0.05) is 0 Å². The summed E-state index contributed by atoms with van der Waals surface area (Å²) < 4.78 is 8.63. The van der Waals surface area contributed by atoms with Crippen molar-refractivity contribution in [1.82, 2.24) is 0 Å². The van der Waals surface area contributed by atoms with Crippen molar-refractivity contribution in [2.24, 2.45) is 0 Å². The number of hydrogen-bond acceptors (Lipinski definition) is 1. The van der Waals surface area contributed by atoms with Gasteiger partial charge >= 0.3 is 172 Å². The van der Waals surface area contributed by atoms with E-state index in [0.717, 1.165) is 20.3 Å². The van der Waals surface area contributed by atoms with E-state index in [2.05, 4.69) is 61.6 Å². The van der Waals surface area contributed by atoms with Crippen molar-refractivity contribution in [2.45, 2.75) is 89.0 Å². The maximum Gasteiger partial charge on any atom is -0.147 e. The largest absolute Gasteiger partial charge is 0.147 e. The van der Waals surface area contributed by atoms with Gasteiger partial charge in [-0.2, -0.15) is 0 Å². The van der Waals surface area contributed by atoms with Crippen LogP contribution < -0.4 is 3.32 Å². The fourth-order valence-corrected chi connectivity index (χ4v) is 12.9. The van der Waals surface area contributed by atoms with Crippen LogP contribution in [0.1, 0.15) is 76.8 Å². The molecule has 1 aromatic carbocycles. The normalized spacial score (nSPS) is 14.9. The van der Waals surface area contributed by atoms with Crippen LogP contribution in [0.25, 0.3) is 0 Å². The standard InChI is InChI=1S/C16H26O.C6H7.2CH3.2ClH.H3Si.Ti/c1-3-5-7-9-14-11-15(10-8-6-4-2)13-16(17)12-14;1-6-4-2-3-5-6;;;;;;/h11-13,17H,3-10H2,1-2H3;2,4H,3H2,1H3;2*1H3;2*1H;1H3;/q;;;;;;;+1/p-1. The molecule has 0 N–H and O–H groups in total. The summed E-state index contributed by atoms with van der Waals surface area (Å²) in [5.41, 5.74) is 4.42.